The zero-order chi connectivity index (χ0) is 17.9. The third kappa shape index (κ3) is 3.97. The van der Waals surface area contributed by atoms with E-state index in [0.29, 0.717) is 25.9 Å². The molecule has 1 aliphatic heterocycles. The predicted octanol–water partition coefficient (Wildman–Crippen LogP) is 2.93. The lowest BCUT2D eigenvalue weighted by molar-refractivity contribution is -0.133. The van der Waals surface area contributed by atoms with E-state index in [4.69, 9.17) is 0 Å². The summed E-state index contributed by atoms with van der Waals surface area (Å²) in [5.74, 6) is 0.363. The second-order valence-corrected chi connectivity index (χ2v) is 6.88. The van der Waals surface area contributed by atoms with Gasteiger partial charge in [-0.1, -0.05) is 13.0 Å². The van der Waals surface area contributed by atoms with Crippen molar-refractivity contribution in [3.8, 4) is 0 Å². The second kappa shape index (κ2) is 7.82. The van der Waals surface area contributed by atoms with Gasteiger partial charge in [-0.05, 0) is 61.9 Å². The number of carbonyl (C=O) groups is 2. The number of benzene rings is 1. The standard InChI is InChI=1S/C20H30N2O2/c1-6-19(23)21-8-7-9-22(11-10-21)20(24)13-18-16(4)14(2)12-15(3)17(18)5/h12H,6-11,13H2,1-5H3. The molecule has 0 N–H and O–H groups in total. The van der Waals surface area contributed by atoms with Crippen molar-refractivity contribution in [2.45, 2.75) is 53.9 Å². The van der Waals surface area contributed by atoms with Crippen LogP contribution < -0.4 is 0 Å². The van der Waals surface area contributed by atoms with Crippen LogP contribution in [0.2, 0.25) is 0 Å². The van der Waals surface area contributed by atoms with Gasteiger partial charge in [0, 0.05) is 32.6 Å². The van der Waals surface area contributed by atoms with Crippen molar-refractivity contribution in [3.63, 3.8) is 0 Å². The summed E-state index contributed by atoms with van der Waals surface area (Å²) in [7, 11) is 0. The smallest absolute Gasteiger partial charge is 0.227 e. The maximum absolute atomic E-state index is 12.8. The van der Waals surface area contributed by atoms with E-state index in [0.717, 1.165) is 19.5 Å². The van der Waals surface area contributed by atoms with Gasteiger partial charge >= 0.3 is 0 Å². The molecule has 1 aromatic rings. The average Bonchev–Trinajstić information content (AvgIpc) is 2.82. The van der Waals surface area contributed by atoms with Crippen LogP contribution in [0.15, 0.2) is 6.07 Å². The van der Waals surface area contributed by atoms with Crippen molar-refractivity contribution in [1.82, 2.24) is 9.80 Å². The predicted molar refractivity (Wildman–Crippen MR) is 97.2 cm³/mol. The largest absolute Gasteiger partial charge is 0.341 e. The third-order valence-electron chi connectivity index (χ3n) is 5.35. The van der Waals surface area contributed by atoms with Crippen LogP contribution in [0.25, 0.3) is 0 Å². The molecule has 1 saturated heterocycles. The molecule has 0 aliphatic carbocycles. The Hall–Kier alpha value is -1.84. The Bertz CT molecular complexity index is 611. The summed E-state index contributed by atoms with van der Waals surface area (Å²) in [6, 6.07) is 2.19. The number of aryl methyl sites for hydroxylation is 2. The highest BCUT2D eigenvalue weighted by atomic mass is 16.2. The zero-order valence-electron chi connectivity index (χ0n) is 15.7. The first-order valence-corrected chi connectivity index (χ1v) is 8.97. The molecule has 0 radical (unpaired) electrons. The molecule has 24 heavy (non-hydrogen) atoms. The normalized spacial score (nSPS) is 15.4. The first-order valence-electron chi connectivity index (χ1n) is 8.97. The maximum atomic E-state index is 12.8. The summed E-state index contributed by atoms with van der Waals surface area (Å²) in [5.41, 5.74) is 6.12. The number of carbonyl (C=O) groups excluding carboxylic acids is 2. The van der Waals surface area contributed by atoms with Gasteiger partial charge in [-0.15, -0.1) is 0 Å². The van der Waals surface area contributed by atoms with Crippen molar-refractivity contribution < 1.29 is 9.59 Å². The van der Waals surface area contributed by atoms with Gasteiger partial charge in [-0.2, -0.15) is 0 Å². The van der Waals surface area contributed by atoms with Gasteiger partial charge in [0.2, 0.25) is 11.8 Å². The lowest BCUT2D eigenvalue weighted by Crippen LogP contribution is -2.37. The monoisotopic (exact) mass is 330 g/mol. The van der Waals surface area contributed by atoms with Gasteiger partial charge in [0.15, 0.2) is 0 Å². The van der Waals surface area contributed by atoms with E-state index in [9.17, 15) is 9.59 Å². The maximum Gasteiger partial charge on any atom is 0.227 e. The first-order chi connectivity index (χ1) is 11.3. The molecule has 1 aromatic carbocycles. The fraction of sp³-hybridized carbons (Fsp3) is 0.600. The lowest BCUT2D eigenvalue weighted by atomic mass is 9.92. The SMILES string of the molecule is CCC(=O)N1CCCN(C(=O)Cc2c(C)c(C)cc(C)c2C)CC1. The Labute approximate surface area is 145 Å². The minimum absolute atomic E-state index is 0.178. The van der Waals surface area contributed by atoms with Crippen molar-refractivity contribution >= 4 is 11.8 Å². The molecule has 2 rings (SSSR count). The Balaban J connectivity index is 2.10. The van der Waals surface area contributed by atoms with Gasteiger partial charge in [-0.3, -0.25) is 9.59 Å². The fourth-order valence-electron chi connectivity index (χ4n) is 3.47. The van der Waals surface area contributed by atoms with E-state index < -0.39 is 0 Å². The first kappa shape index (κ1) is 18.5. The van der Waals surface area contributed by atoms with Crippen molar-refractivity contribution in [3.05, 3.63) is 33.9 Å². The Morgan fingerprint density at radius 1 is 0.875 bits per heavy atom. The van der Waals surface area contributed by atoms with Gasteiger partial charge in [0.05, 0.1) is 6.42 Å². The van der Waals surface area contributed by atoms with E-state index in [1.165, 1.54) is 27.8 Å². The summed E-state index contributed by atoms with van der Waals surface area (Å²) in [6.45, 7) is 13.1. The molecular formula is C20H30N2O2. The number of nitrogens with zero attached hydrogens (tertiary/aromatic N) is 2. The fourth-order valence-corrected chi connectivity index (χ4v) is 3.47. The highest BCUT2D eigenvalue weighted by molar-refractivity contribution is 5.80. The highest BCUT2D eigenvalue weighted by Crippen LogP contribution is 2.23. The summed E-state index contributed by atoms with van der Waals surface area (Å²) in [6.07, 6.45) is 1.86. The number of amides is 2. The van der Waals surface area contributed by atoms with E-state index in [2.05, 4.69) is 33.8 Å². The molecule has 0 saturated carbocycles. The van der Waals surface area contributed by atoms with Crippen molar-refractivity contribution in [1.29, 1.82) is 0 Å². The quantitative estimate of drug-likeness (QED) is 0.855. The van der Waals surface area contributed by atoms with Crippen LogP contribution in [0.5, 0.6) is 0 Å². The lowest BCUT2D eigenvalue weighted by Gasteiger charge is -2.23. The zero-order valence-corrected chi connectivity index (χ0v) is 15.7. The number of hydrogen-bond acceptors (Lipinski definition) is 2. The van der Waals surface area contributed by atoms with E-state index in [1.54, 1.807) is 0 Å². The van der Waals surface area contributed by atoms with Gasteiger partial charge in [-0.25, -0.2) is 0 Å². The molecule has 0 spiro atoms. The van der Waals surface area contributed by atoms with Crippen molar-refractivity contribution in [2.75, 3.05) is 26.2 Å². The van der Waals surface area contributed by atoms with Crippen LogP contribution in [0.3, 0.4) is 0 Å². The van der Waals surface area contributed by atoms with E-state index in [1.807, 2.05) is 16.7 Å². The molecule has 132 valence electrons. The van der Waals surface area contributed by atoms with Crippen LogP contribution in [0, 0.1) is 27.7 Å². The third-order valence-corrected chi connectivity index (χ3v) is 5.35. The molecular weight excluding hydrogens is 300 g/mol. The molecule has 0 atom stereocenters. The summed E-state index contributed by atoms with van der Waals surface area (Å²) in [5, 5.41) is 0. The minimum Gasteiger partial charge on any atom is -0.341 e. The molecule has 0 unspecified atom stereocenters. The summed E-state index contributed by atoms with van der Waals surface area (Å²) in [4.78, 5) is 28.5. The highest BCUT2D eigenvalue weighted by Gasteiger charge is 2.22. The number of hydrogen-bond donors (Lipinski definition) is 0. The van der Waals surface area contributed by atoms with Gasteiger partial charge < -0.3 is 9.80 Å². The van der Waals surface area contributed by atoms with Crippen LogP contribution >= 0.6 is 0 Å². The van der Waals surface area contributed by atoms with Gasteiger partial charge in [0.25, 0.3) is 0 Å². The van der Waals surface area contributed by atoms with E-state index >= 15 is 0 Å². The minimum atomic E-state index is 0.178. The van der Waals surface area contributed by atoms with Crippen LogP contribution in [-0.4, -0.2) is 47.8 Å². The Kier molecular flexibility index (Phi) is 6.03. The van der Waals surface area contributed by atoms with E-state index in [-0.39, 0.29) is 11.8 Å². The van der Waals surface area contributed by atoms with Gasteiger partial charge in [0.1, 0.15) is 0 Å². The molecule has 1 aliphatic rings. The molecule has 2 amide bonds. The molecule has 1 heterocycles. The molecule has 4 heteroatoms. The molecule has 0 bridgehead atoms. The summed E-state index contributed by atoms with van der Waals surface area (Å²) >= 11 is 0. The second-order valence-electron chi connectivity index (χ2n) is 6.88. The Morgan fingerprint density at radius 2 is 1.38 bits per heavy atom. The van der Waals surface area contributed by atoms with Crippen LogP contribution in [0.1, 0.15) is 47.6 Å². The number of rotatable bonds is 3. The summed E-state index contributed by atoms with van der Waals surface area (Å²) < 4.78 is 0. The topological polar surface area (TPSA) is 40.6 Å². The van der Waals surface area contributed by atoms with Crippen LogP contribution in [0.4, 0.5) is 0 Å². The molecule has 0 aromatic heterocycles. The average molecular weight is 330 g/mol. The molecule has 1 fully saturated rings. The molecule has 4 nitrogen and oxygen atoms in total. The van der Waals surface area contributed by atoms with Crippen molar-refractivity contribution in [2.24, 2.45) is 0 Å². The van der Waals surface area contributed by atoms with Crippen LogP contribution in [-0.2, 0) is 16.0 Å². The Morgan fingerprint density at radius 3 is 1.88 bits per heavy atom.